The molecule has 0 atom stereocenters. The van der Waals surface area contributed by atoms with Crippen LogP contribution in [0.4, 0.5) is 5.69 Å². The van der Waals surface area contributed by atoms with Gasteiger partial charge >= 0.3 is 0 Å². The minimum atomic E-state index is 0.201. The van der Waals surface area contributed by atoms with Crippen LogP contribution < -0.4 is 5.73 Å². The predicted octanol–water partition coefficient (Wildman–Crippen LogP) is 2.89. The minimum Gasteiger partial charge on any atom is -0.398 e. The van der Waals surface area contributed by atoms with Crippen molar-refractivity contribution in [3.63, 3.8) is 0 Å². The molecular weight excluding hydrogens is 194 g/mol. The standard InChI is InChI=1S/C8H9N7/c9-8-6(4-12-14-10)2-1-3-7(8)5-13-15-11/h1-3H,4-5,9H2. The third kappa shape index (κ3) is 2.80. The molecule has 0 aliphatic heterocycles. The monoisotopic (exact) mass is 203 g/mol. The van der Waals surface area contributed by atoms with Crippen LogP contribution in [0.1, 0.15) is 11.1 Å². The number of nitrogen functional groups attached to an aromatic ring is 1. The highest BCUT2D eigenvalue weighted by molar-refractivity contribution is 5.53. The van der Waals surface area contributed by atoms with Crippen LogP contribution in [-0.4, -0.2) is 0 Å². The van der Waals surface area contributed by atoms with Crippen molar-refractivity contribution < 1.29 is 0 Å². The van der Waals surface area contributed by atoms with E-state index in [1.54, 1.807) is 18.2 Å². The summed E-state index contributed by atoms with van der Waals surface area (Å²) in [7, 11) is 0. The first-order chi connectivity index (χ1) is 7.29. The molecular formula is C8H9N7. The number of benzene rings is 1. The topological polar surface area (TPSA) is 124 Å². The number of hydrogen-bond acceptors (Lipinski definition) is 3. The third-order valence-electron chi connectivity index (χ3n) is 1.90. The van der Waals surface area contributed by atoms with Gasteiger partial charge in [0.2, 0.25) is 0 Å². The van der Waals surface area contributed by atoms with Gasteiger partial charge in [0, 0.05) is 15.5 Å². The van der Waals surface area contributed by atoms with Gasteiger partial charge in [-0.2, -0.15) is 0 Å². The van der Waals surface area contributed by atoms with E-state index in [0.29, 0.717) is 5.69 Å². The van der Waals surface area contributed by atoms with E-state index in [1.165, 1.54) is 0 Å². The summed E-state index contributed by atoms with van der Waals surface area (Å²) in [6.07, 6.45) is 0. The Kier molecular flexibility index (Phi) is 3.85. The van der Waals surface area contributed by atoms with Crippen molar-refractivity contribution in [1.82, 2.24) is 0 Å². The molecule has 0 saturated carbocycles. The van der Waals surface area contributed by atoms with Gasteiger partial charge in [-0.05, 0) is 22.2 Å². The van der Waals surface area contributed by atoms with E-state index in [-0.39, 0.29) is 13.1 Å². The lowest BCUT2D eigenvalue weighted by Crippen LogP contribution is -1.98. The maximum Gasteiger partial charge on any atom is 0.0531 e. The number of nitrogens with two attached hydrogens (primary N) is 1. The number of anilines is 1. The van der Waals surface area contributed by atoms with Gasteiger partial charge in [0.05, 0.1) is 13.1 Å². The van der Waals surface area contributed by atoms with Crippen molar-refractivity contribution in [2.75, 3.05) is 5.73 Å². The van der Waals surface area contributed by atoms with E-state index < -0.39 is 0 Å². The van der Waals surface area contributed by atoms with E-state index in [1.807, 2.05) is 0 Å². The zero-order chi connectivity index (χ0) is 11.1. The Morgan fingerprint density at radius 2 is 1.53 bits per heavy atom. The van der Waals surface area contributed by atoms with Crippen LogP contribution >= 0.6 is 0 Å². The summed E-state index contributed by atoms with van der Waals surface area (Å²) >= 11 is 0. The highest BCUT2D eigenvalue weighted by Gasteiger charge is 2.02. The van der Waals surface area contributed by atoms with Gasteiger partial charge in [-0.1, -0.05) is 28.4 Å². The number of para-hydroxylation sites is 1. The largest absolute Gasteiger partial charge is 0.398 e. The fraction of sp³-hybridized carbons (Fsp3) is 0.250. The lowest BCUT2D eigenvalue weighted by molar-refractivity contribution is 1.01. The first kappa shape index (κ1) is 10.7. The van der Waals surface area contributed by atoms with Crippen LogP contribution in [0.5, 0.6) is 0 Å². The van der Waals surface area contributed by atoms with Gasteiger partial charge in [-0.3, -0.25) is 0 Å². The Morgan fingerprint density at radius 3 is 1.93 bits per heavy atom. The third-order valence-corrected chi connectivity index (χ3v) is 1.90. The summed E-state index contributed by atoms with van der Waals surface area (Å²) in [5.74, 6) is 0. The first-order valence-corrected chi connectivity index (χ1v) is 4.17. The molecule has 0 radical (unpaired) electrons. The fourth-order valence-corrected chi connectivity index (χ4v) is 1.16. The van der Waals surface area contributed by atoms with Gasteiger partial charge in [0.15, 0.2) is 0 Å². The molecule has 0 aromatic heterocycles. The summed E-state index contributed by atoms with van der Waals surface area (Å²) in [4.78, 5) is 5.30. The SMILES string of the molecule is [N-]=[N+]=NCc1cccc(CN=[N+]=[N-])c1N. The number of azide groups is 2. The second-order valence-electron chi connectivity index (χ2n) is 2.77. The molecule has 15 heavy (non-hydrogen) atoms. The van der Waals surface area contributed by atoms with E-state index >= 15 is 0 Å². The highest BCUT2D eigenvalue weighted by Crippen LogP contribution is 2.19. The Balaban J connectivity index is 2.98. The number of rotatable bonds is 4. The minimum absolute atomic E-state index is 0.201. The summed E-state index contributed by atoms with van der Waals surface area (Å²) < 4.78 is 0. The zero-order valence-corrected chi connectivity index (χ0v) is 7.91. The van der Waals surface area contributed by atoms with E-state index in [9.17, 15) is 0 Å². The van der Waals surface area contributed by atoms with E-state index in [2.05, 4.69) is 20.1 Å². The normalized spacial score (nSPS) is 8.80. The van der Waals surface area contributed by atoms with Crippen molar-refractivity contribution >= 4 is 5.69 Å². The smallest absolute Gasteiger partial charge is 0.0531 e. The van der Waals surface area contributed by atoms with Crippen molar-refractivity contribution in [2.24, 2.45) is 10.2 Å². The van der Waals surface area contributed by atoms with Crippen molar-refractivity contribution in [3.05, 3.63) is 50.2 Å². The molecule has 1 rings (SSSR count). The number of nitrogens with zero attached hydrogens (tertiary/aromatic N) is 6. The molecule has 0 spiro atoms. The fourth-order valence-electron chi connectivity index (χ4n) is 1.16. The molecule has 0 heterocycles. The van der Waals surface area contributed by atoms with Crippen molar-refractivity contribution in [1.29, 1.82) is 0 Å². The summed E-state index contributed by atoms with van der Waals surface area (Å²) in [5.41, 5.74) is 24.1. The van der Waals surface area contributed by atoms with Crippen LogP contribution in [0.2, 0.25) is 0 Å². The summed E-state index contributed by atoms with van der Waals surface area (Å²) in [6, 6.07) is 5.31. The highest BCUT2D eigenvalue weighted by atomic mass is 15.1. The Hall–Kier alpha value is -2.36. The number of hydrogen-bond donors (Lipinski definition) is 1. The van der Waals surface area contributed by atoms with Gasteiger partial charge in [-0.15, -0.1) is 0 Å². The molecule has 0 fully saturated rings. The maximum absolute atomic E-state index is 8.18. The molecule has 76 valence electrons. The lowest BCUT2D eigenvalue weighted by Gasteiger charge is -2.06. The molecule has 1 aromatic carbocycles. The lowest BCUT2D eigenvalue weighted by atomic mass is 10.1. The Morgan fingerprint density at radius 1 is 1.07 bits per heavy atom. The first-order valence-electron chi connectivity index (χ1n) is 4.17. The van der Waals surface area contributed by atoms with Crippen LogP contribution in [0, 0.1) is 0 Å². The van der Waals surface area contributed by atoms with Gasteiger partial charge in [0.1, 0.15) is 0 Å². The summed E-state index contributed by atoms with van der Waals surface area (Å²) in [5, 5.41) is 6.84. The zero-order valence-electron chi connectivity index (χ0n) is 7.91. The second kappa shape index (κ2) is 5.39. The molecule has 7 heteroatoms. The van der Waals surface area contributed by atoms with Crippen molar-refractivity contribution in [3.8, 4) is 0 Å². The second-order valence-corrected chi connectivity index (χ2v) is 2.77. The van der Waals surface area contributed by atoms with E-state index in [0.717, 1.165) is 11.1 Å². The summed E-state index contributed by atoms with van der Waals surface area (Å²) in [6.45, 7) is 0.402. The molecule has 0 aliphatic carbocycles. The van der Waals surface area contributed by atoms with E-state index in [4.69, 9.17) is 16.8 Å². The molecule has 7 nitrogen and oxygen atoms in total. The average molecular weight is 203 g/mol. The predicted molar refractivity (Wildman–Crippen MR) is 56.6 cm³/mol. The maximum atomic E-state index is 8.18. The molecule has 1 aromatic rings. The molecule has 2 N–H and O–H groups in total. The van der Waals surface area contributed by atoms with Gasteiger partial charge in [-0.25, -0.2) is 0 Å². The molecule has 0 amide bonds. The molecule has 0 unspecified atom stereocenters. The average Bonchev–Trinajstić information content (AvgIpc) is 2.26. The van der Waals surface area contributed by atoms with Gasteiger partial charge in [0.25, 0.3) is 0 Å². The molecule has 0 aliphatic rings. The molecule has 0 saturated heterocycles. The van der Waals surface area contributed by atoms with Gasteiger partial charge < -0.3 is 5.73 Å². The Bertz CT molecular complexity index is 402. The molecule has 0 bridgehead atoms. The van der Waals surface area contributed by atoms with Crippen LogP contribution in [0.25, 0.3) is 20.9 Å². The van der Waals surface area contributed by atoms with Crippen molar-refractivity contribution in [2.45, 2.75) is 13.1 Å². The quantitative estimate of drug-likeness (QED) is 0.343. The Labute approximate surface area is 85.8 Å². The van der Waals surface area contributed by atoms with Crippen LogP contribution in [0.3, 0.4) is 0 Å². The van der Waals surface area contributed by atoms with Crippen LogP contribution in [-0.2, 0) is 13.1 Å². The van der Waals surface area contributed by atoms with Crippen LogP contribution in [0.15, 0.2) is 28.4 Å².